The van der Waals surface area contributed by atoms with Crippen LogP contribution in [0.4, 0.5) is 5.69 Å². The number of nitrogens with two attached hydrogens (primary N) is 10. The molecule has 1 aliphatic heterocycles. The van der Waals surface area contributed by atoms with E-state index in [1.165, 1.54) is 39.0 Å². The Kier molecular flexibility index (Phi) is 36.3. The Morgan fingerprint density at radius 3 is 1.49 bits per heavy atom. The van der Waals surface area contributed by atoms with Crippen LogP contribution in [0.25, 0.3) is 0 Å². The third-order valence-corrected chi connectivity index (χ3v) is 13.8. The van der Waals surface area contributed by atoms with E-state index in [-0.39, 0.29) is 164 Å². The first kappa shape index (κ1) is 76.8. The number of nitrogens with one attached hydrogen (secondary N) is 3. The summed E-state index contributed by atoms with van der Waals surface area (Å²) in [6, 6.07) is 4.18. The Morgan fingerprint density at radius 1 is 0.589 bits per heavy atom. The van der Waals surface area contributed by atoms with Gasteiger partial charge in [0.05, 0.1) is 67.9 Å². The van der Waals surface area contributed by atoms with Crippen molar-refractivity contribution in [3.8, 4) is 0 Å². The van der Waals surface area contributed by atoms with Crippen LogP contribution >= 0.6 is 0 Å². The van der Waals surface area contributed by atoms with Gasteiger partial charge in [-0.2, -0.15) is 0 Å². The molecule has 0 aliphatic carbocycles. The Hall–Kier alpha value is -9.34. The summed E-state index contributed by atoms with van der Waals surface area (Å²) in [5.41, 5.74) is 56.5. The van der Waals surface area contributed by atoms with Gasteiger partial charge in [-0.3, -0.25) is 58.9 Å². The molecule has 0 radical (unpaired) electrons. The predicted molar refractivity (Wildman–Crippen MR) is 339 cm³/mol. The molecule has 34 heteroatoms. The Labute approximate surface area is 524 Å². The van der Waals surface area contributed by atoms with Crippen molar-refractivity contribution in [3.63, 3.8) is 0 Å². The second kappa shape index (κ2) is 42.5. The van der Waals surface area contributed by atoms with Crippen LogP contribution in [-0.2, 0) is 47.8 Å². The fraction of sp³-hybridized carbons (Fsp3) is 0.607. The summed E-state index contributed by atoms with van der Waals surface area (Å²) in [5, 5.41) is 20.5. The average Bonchev–Trinajstić information content (AvgIpc) is 0.772. The highest BCUT2D eigenvalue weighted by Crippen LogP contribution is 2.41. The minimum Gasteiger partial charge on any atom is -0.463 e. The molecule has 0 aromatic heterocycles. The van der Waals surface area contributed by atoms with Crippen LogP contribution in [0.15, 0.2) is 66.8 Å². The molecule has 0 saturated heterocycles. The first-order valence-electron chi connectivity index (χ1n) is 30.0. The van der Waals surface area contributed by atoms with Crippen molar-refractivity contribution in [3.05, 3.63) is 62.5 Å². The maximum atomic E-state index is 15.0. The number of rotatable bonds is 45. The summed E-state index contributed by atoms with van der Waals surface area (Å²) in [6.45, 7) is 3.33. The Balaban J connectivity index is 2.76. The Morgan fingerprint density at radius 2 is 1.03 bits per heavy atom. The van der Waals surface area contributed by atoms with Gasteiger partial charge in [0.25, 0.3) is 5.69 Å². The predicted octanol–water partition coefficient (Wildman–Crippen LogP) is -3.46. The quantitative estimate of drug-likeness (QED) is 0.00754. The van der Waals surface area contributed by atoms with Crippen LogP contribution in [-0.4, -0.2) is 213 Å². The number of carbonyl (C=O) groups excluding carboxylic acids is 8. The summed E-state index contributed by atoms with van der Waals surface area (Å²) in [4.78, 5) is 144. The van der Waals surface area contributed by atoms with Gasteiger partial charge in [0.15, 0.2) is 23.8 Å². The van der Waals surface area contributed by atoms with Crippen molar-refractivity contribution in [2.45, 2.75) is 110 Å². The van der Waals surface area contributed by atoms with Gasteiger partial charge in [-0.1, -0.05) is 25.0 Å². The standard InChI is InChI=1S/C56H96N22O12/c1-4-89-51(85)47-37(3)72-40(49(52(86)90-5-2)48(47)38-18-20-39(21-19-38)78(87)88)16-8-11-28-76(35-44(81)74(29-13-25-69-54(61)62)33-42(79)73-41(50(58)84)17-12-24-68-53(59)60)46(83)36-77(31-15-27-71-56(65)66)45(82)34-75(30-14-26-70-55(63)64)43(80)32-67-23-10-7-6-9-22-57/h18-21,41,48,67,72H,4-17,22-36,57H2,1-3H3,(H2,58,84)(H,73,79)(H4,59,60,68)(H4,61,62,69)(H4,63,64,70)(H4,65,66,71)/t41-,48?/m1/s1. The topological polar surface area (TPSA) is 557 Å². The highest BCUT2D eigenvalue weighted by Gasteiger charge is 2.39. The van der Waals surface area contributed by atoms with Gasteiger partial charge >= 0.3 is 11.9 Å². The minimum absolute atomic E-state index is 0.00853. The summed E-state index contributed by atoms with van der Waals surface area (Å²) in [5.74, 6) is -7.63. The molecule has 2 rings (SSSR count). The van der Waals surface area contributed by atoms with Crippen LogP contribution in [0.2, 0.25) is 0 Å². The lowest BCUT2D eigenvalue weighted by atomic mass is 9.79. The molecule has 1 aromatic carbocycles. The van der Waals surface area contributed by atoms with Crippen molar-refractivity contribution in [2.24, 2.45) is 77.3 Å². The molecule has 0 spiro atoms. The fourth-order valence-corrected chi connectivity index (χ4v) is 9.37. The van der Waals surface area contributed by atoms with Crippen LogP contribution in [0, 0.1) is 10.1 Å². The second-order valence-electron chi connectivity index (χ2n) is 20.8. The van der Waals surface area contributed by atoms with Gasteiger partial charge in [0, 0.05) is 75.9 Å². The van der Waals surface area contributed by atoms with E-state index in [4.69, 9.17) is 66.8 Å². The van der Waals surface area contributed by atoms with Crippen LogP contribution in [0.1, 0.15) is 109 Å². The molecule has 34 nitrogen and oxygen atoms in total. The maximum Gasteiger partial charge on any atom is 0.336 e. The molecule has 0 bridgehead atoms. The molecule has 6 amide bonds. The number of ether oxygens (including phenoxy) is 2. The Bertz CT molecular complexity index is 2720. The summed E-state index contributed by atoms with van der Waals surface area (Å²) in [6.07, 6.45) is 4.73. The number of amides is 6. The summed E-state index contributed by atoms with van der Waals surface area (Å²) < 4.78 is 11.0. The van der Waals surface area contributed by atoms with E-state index in [0.29, 0.717) is 30.0 Å². The van der Waals surface area contributed by atoms with Gasteiger partial charge in [-0.15, -0.1) is 0 Å². The molecule has 0 saturated carbocycles. The zero-order chi connectivity index (χ0) is 67.1. The average molecular weight is 1270 g/mol. The third-order valence-electron chi connectivity index (χ3n) is 13.8. The smallest absolute Gasteiger partial charge is 0.336 e. The minimum atomic E-state index is -1.19. The first-order chi connectivity index (χ1) is 42.8. The number of unbranched alkanes of at least 4 members (excludes halogenated alkanes) is 4. The number of esters is 2. The lowest BCUT2D eigenvalue weighted by Crippen LogP contribution is -2.52. The van der Waals surface area contributed by atoms with E-state index in [9.17, 15) is 43.7 Å². The lowest BCUT2D eigenvalue weighted by molar-refractivity contribution is -0.384. The van der Waals surface area contributed by atoms with E-state index in [1.807, 2.05) is 0 Å². The number of non-ortho nitro benzene ring substituents is 1. The number of nitro groups is 1. The SMILES string of the molecule is CCOC(=O)C1=C(C)NC(CCCCN(CC(=O)N(CCCN=C(N)N)CC(=O)N[C@H](CCCN=C(N)N)C(N)=O)C(=O)CN(CCCN=C(N)N)C(=O)CN(CCCN=C(N)N)C(=O)CNCCCCCCN)=C(C(=O)OCC)C1c1ccc([N+](=O)[O-])cc1. The van der Waals surface area contributed by atoms with Gasteiger partial charge < -0.3 is 102 Å². The molecular formula is C56H96N22O12. The molecule has 1 unspecified atom stereocenters. The third kappa shape index (κ3) is 29.6. The van der Waals surface area contributed by atoms with Crippen molar-refractivity contribution in [2.75, 3.05) is 111 Å². The highest BCUT2D eigenvalue weighted by molar-refractivity contribution is 6.00. The molecule has 0 fully saturated rings. The van der Waals surface area contributed by atoms with Gasteiger partial charge in [0.1, 0.15) is 6.04 Å². The molecule has 1 aliphatic rings. The number of nitro benzene ring substituents is 1. The van der Waals surface area contributed by atoms with E-state index < -0.39 is 90.4 Å². The molecule has 90 heavy (non-hydrogen) atoms. The monoisotopic (exact) mass is 1270 g/mol. The van der Waals surface area contributed by atoms with Crippen LogP contribution in [0.5, 0.6) is 0 Å². The molecule has 1 aromatic rings. The zero-order valence-electron chi connectivity index (χ0n) is 52.2. The van der Waals surface area contributed by atoms with Gasteiger partial charge in [-0.05, 0) is 104 Å². The zero-order valence-corrected chi connectivity index (χ0v) is 52.2. The van der Waals surface area contributed by atoms with E-state index in [2.05, 4.69) is 35.9 Å². The number of allylic oxidation sites excluding steroid dienone is 2. The van der Waals surface area contributed by atoms with Crippen LogP contribution < -0.4 is 73.3 Å². The number of primary amides is 1. The summed E-state index contributed by atoms with van der Waals surface area (Å²) >= 11 is 0. The normalized spacial score (nSPS) is 12.9. The number of nitrogens with zero attached hydrogens (tertiary/aromatic N) is 9. The van der Waals surface area contributed by atoms with E-state index in [0.717, 1.165) is 30.6 Å². The molecule has 23 N–H and O–H groups in total. The van der Waals surface area contributed by atoms with Crippen molar-refractivity contribution < 1.29 is 52.8 Å². The number of hydrogen-bond donors (Lipinski definition) is 13. The van der Waals surface area contributed by atoms with E-state index >= 15 is 4.79 Å². The molecule has 2 atom stereocenters. The number of aliphatic imine (C=N–C) groups is 4. The number of dihydropyridines is 1. The lowest BCUT2D eigenvalue weighted by Gasteiger charge is -2.32. The number of benzene rings is 1. The van der Waals surface area contributed by atoms with Crippen molar-refractivity contribution >= 4 is 76.9 Å². The number of carbonyl (C=O) groups is 8. The molecule has 502 valence electrons. The largest absolute Gasteiger partial charge is 0.463 e. The van der Waals surface area contributed by atoms with Gasteiger partial charge in [-0.25, -0.2) is 9.59 Å². The summed E-state index contributed by atoms with van der Waals surface area (Å²) in [7, 11) is 0. The second-order valence-corrected chi connectivity index (χ2v) is 20.8. The highest BCUT2D eigenvalue weighted by atomic mass is 16.6. The van der Waals surface area contributed by atoms with Crippen molar-refractivity contribution in [1.29, 1.82) is 0 Å². The number of hydrogen-bond acceptors (Lipinski definition) is 19. The van der Waals surface area contributed by atoms with E-state index in [1.54, 1.807) is 20.8 Å². The molecule has 1 heterocycles. The molecular weight excluding hydrogens is 1170 g/mol. The maximum absolute atomic E-state index is 15.0. The first-order valence-corrected chi connectivity index (χ1v) is 30.0. The fourth-order valence-electron chi connectivity index (χ4n) is 9.37. The van der Waals surface area contributed by atoms with Crippen LogP contribution in [0.3, 0.4) is 0 Å². The van der Waals surface area contributed by atoms with Gasteiger partial charge in [0.2, 0.25) is 35.4 Å². The van der Waals surface area contributed by atoms with Crippen molar-refractivity contribution in [1.82, 2.24) is 35.6 Å². The number of guanidine groups is 4.